The first-order valence-electron chi connectivity index (χ1n) is 10.7. The van der Waals surface area contributed by atoms with Crippen molar-refractivity contribution in [2.75, 3.05) is 29.9 Å². The summed E-state index contributed by atoms with van der Waals surface area (Å²) in [7, 11) is -2.20. The number of amides is 1. The van der Waals surface area contributed by atoms with Crippen LogP contribution in [-0.2, 0) is 14.8 Å². The maximum absolute atomic E-state index is 12.9. The number of benzene rings is 3. The van der Waals surface area contributed by atoms with Gasteiger partial charge in [-0.1, -0.05) is 18.2 Å². The zero-order chi connectivity index (χ0) is 23.3. The molecule has 0 bridgehead atoms. The topological polar surface area (TPSA) is 84.9 Å². The predicted octanol–water partition coefficient (Wildman–Crippen LogP) is 4.32. The number of nitrogens with one attached hydrogen (secondary N) is 1. The summed E-state index contributed by atoms with van der Waals surface area (Å²) >= 11 is 0. The third kappa shape index (κ3) is 5.53. The minimum Gasteiger partial charge on any atom is -0.491 e. The number of hydrogen-bond acceptors (Lipinski definition) is 5. The lowest BCUT2D eigenvalue weighted by Gasteiger charge is -2.19. The van der Waals surface area contributed by atoms with Crippen LogP contribution in [-0.4, -0.2) is 40.7 Å². The Kier molecular flexibility index (Phi) is 6.96. The molecule has 1 unspecified atom stereocenters. The van der Waals surface area contributed by atoms with E-state index in [-0.39, 0.29) is 16.9 Å². The quantitative estimate of drug-likeness (QED) is 0.534. The molecule has 0 aliphatic carbocycles. The number of carbonyl (C=O) groups excluding carboxylic acids is 1. The van der Waals surface area contributed by atoms with Gasteiger partial charge in [0.1, 0.15) is 12.4 Å². The first kappa shape index (κ1) is 22.8. The average molecular weight is 467 g/mol. The van der Waals surface area contributed by atoms with Gasteiger partial charge in [-0.15, -0.1) is 0 Å². The number of nitrogens with zero attached hydrogens (tertiary/aromatic N) is 1. The van der Waals surface area contributed by atoms with Crippen molar-refractivity contribution in [2.45, 2.75) is 23.8 Å². The van der Waals surface area contributed by atoms with E-state index >= 15 is 0 Å². The first-order valence-corrected chi connectivity index (χ1v) is 12.2. The third-order valence-electron chi connectivity index (χ3n) is 5.47. The highest BCUT2D eigenvalue weighted by Crippen LogP contribution is 2.23. The number of sulfonamides is 1. The summed E-state index contributed by atoms with van der Waals surface area (Å²) in [5, 5.41) is 2.79. The van der Waals surface area contributed by atoms with Crippen LogP contribution in [0.4, 0.5) is 11.4 Å². The number of anilines is 2. The Bertz CT molecular complexity index is 1170. The normalized spacial score (nSPS) is 15.7. The summed E-state index contributed by atoms with van der Waals surface area (Å²) in [6, 6.07) is 21.8. The highest BCUT2D eigenvalue weighted by molar-refractivity contribution is 7.92. The molecule has 0 spiro atoms. The van der Waals surface area contributed by atoms with E-state index in [1.165, 1.54) is 23.5 Å². The Balaban J connectivity index is 1.36. The summed E-state index contributed by atoms with van der Waals surface area (Å²) in [6.07, 6.45) is 2.19. The van der Waals surface area contributed by atoms with E-state index in [0.717, 1.165) is 19.4 Å². The molecular weight excluding hydrogens is 440 g/mol. The Morgan fingerprint density at radius 1 is 1.03 bits per heavy atom. The molecule has 1 aliphatic heterocycles. The fraction of sp³-hybridized carbons (Fsp3) is 0.240. The molecule has 1 N–H and O–H groups in total. The fourth-order valence-corrected chi connectivity index (χ4v) is 4.71. The van der Waals surface area contributed by atoms with Gasteiger partial charge < -0.3 is 14.8 Å². The van der Waals surface area contributed by atoms with Crippen LogP contribution in [0.5, 0.6) is 5.75 Å². The molecule has 1 saturated heterocycles. The van der Waals surface area contributed by atoms with Crippen LogP contribution in [0.1, 0.15) is 23.2 Å². The number of para-hydroxylation sites is 1. The van der Waals surface area contributed by atoms with Crippen LogP contribution >= 0.6 is 0 Å². The van der Waals surface area contributed by atoms with E-state index in [2.05, 4.69) is 5.32 Å². The molecule has 1 amide bonds. The van der Waals surface area contributed by atoms with Crippen molar-refractivity contribution in [1.82, 2.24) is 0 Å². The summed E-state index contributed by atoms with van der Waals surface area (Å²) < 4.78 is 38.2. The number of rotatable bonds is 8. The van der Waals surface area contributed by atoms with Crippen LogP contribution in [0.25, 0.3) is 0 Å². The molecule has 1 aliphatic rings. The molecule has 8 heteroatoms. The van der Waals surface area contributed by atoms with Crippen molar-refractivity contribution >= 4 is 27.3 Å². The Labute approximate surface area is 194 Å². The lowest BCUT2D eigenvalue weighted by Crippen LogP contribution is -2.26. The van der Waals surface area contributed by atoms with E-state index in [1.807, 2.05) is 6.07 Å². The molecule has 172 valence electrons. The minimum absolute atomic E-state index is 0.132. The molecule has 1 heterocycles. The van der Waals surface area contributed by atoms with Gasteiger partial charge in [-0.3, -0.25) is 9.10 Å². The van der Waals surface area contributed by atoms with Crippen molar-refractivity contribution in [2.24, 2.45) is 0 Å². The van der Waals surface area contributed by atoms with Crippen molar-refractivity contribution in [3.05, 3.63) is 84.4 Å². The molecule has 3 aromatic rings. The highest BCUT2D eigenvalue weighted by atomic mass is 32.2. The van der Waals surface area contributed by atoms with Crippen LogP contribution in [0.15, 0.2) is 83.8 Å². The van der Waals surface area contributed by atoms with Gasteiger partial charge >= 0.3 is 0 Å². The predicted molar refractivity (Wildman–Crippen MR) is 127 cm³/mol. The van der Waals surface area contributed by atoms with Gasteiger partial charge in [0, 0.05) is 24.9 Å². The van der Waals surface area contributed by atoms with E-state index in [4.69, 9.17) is 9.47 Å². The lowest BCUT2D eigenvalue weighted by atomic mass is 10.2. The average Bonchev–Trinajstić information content (AvgIpc) is 3.37. The number of hydrogen-bond donors (Lipinski definition) is 1. The molecule has 33 heavy (non-hydrogen) atoms. The highest BCUT2D eigenvalue weighted by Gasteiger charge is 2.21. The maximum atomic E-state index is 12.9. The molecule has 1 atom stereocenters. The first-order chi connectivity index (χ1) is 15.9. The number of carbonyl (C=O) groups is 1. The van der Waals surface area contributed by atoms with Crippen molar-refractivity contribution in [3.8, 4) is 5.75 Å². The van der Waals surface area contributed by atoms with Crippen molar-refractivity contribution in [3.63, 3.8) is 0 Å². The zero-order valence-corrected chi connectivity index (χ0v) is 19.1. The molecule has 0 radical (unpaired) electrons. The zero-order valence-electron chi connectivity index (χ0n) is 18.3. The molecule has 4 rings (SSSR count). The third-order valence-corrected chi connectivity index (χ3v) is 7.27. The summed E-state index contributed by atoms with van der Waals surface area (Å²) in [5.41, 5.74) is 1.54. The standard InChI is InChI=1S/C25H26N2O5S/c1-27(21-6-3-2-4-7-21)33(29,30)24-15-11-20(12-16-24)26-25(28)19-9-13-22(14-10-19)32-18-23-8-5-17-31-23/h2-4,6-7,9-16,23H,5,8,17-18H2,1H3,(H,26,28). The summed E-state index contributed by atoms with van der Waals surface area (Å²) in [5.74, 6) is 0.386. The van der Waals surface area contributed by atoms with Crippen molar-refractivity contribution in [1.29, 1.82) is 0 Å². The van der Waals surface area contributed by atoms with Gasteiger partial charge in [-0.05, 0) is 73.5 Å². The van der Waals surface area contributed by atoms with Gasteiger partial charge in [0.05, 0.1) is 16.7 Å². The second-order valence-corrected chi connectivity index (χ2v) is 9.73. The SMILES string of the molecule is CN(c1ccccc1)S(=O)(=O)c1ccc(NC(=O)c2ccc(OCC3CCCO3)cc2)cc1. The van der Waals surface area contributed by atoms with Gasteiger partial charge in [-0.25, -0.2) is 8.42 Å². The van der Waals surface area contributed by atoms with Gasteiger partial charge in [-0.2, -0.15) is 0 Å². The molecule has 0 aromatic heterocycles. The van der Waals surface area contributed by atoms with Crippen LogP contribution in [0, 0.1) is 0 Å². The van der Waals surface area contributed by atoms with E-state index < -0.39 is 10.0 Å². The molecule has 7 nitrogen and oxygen atoms in total. The van der Waals surface area contributed by atoms with Crippen LogP contribution in [0.2, 0.25) is 0 Å². The minimum atomic E-state index is -3.71. The molecular formula is C25H26N2O5S. The second-order valence-electron chi connectivity index (χ2n) is 7.76. The molecule has 3 aromatic carbocycles. The smallest absolute Gasteiger partial charge is 0.264 e. The fourth-order valence-electron chi connectivity index (χ4n) is 3.52. The second kappa shape index (κ2) is 10.1. The Morgan fingerprint density at radius 3 is 2.36 bits per heavy atom. The molecule has 1 fully saturated rings. The van der Waals surface area contributed by atoms with Crippen LogP contribution in [0.3, 0.4) is 0 Å². The maximum Gasteiger partial charge on any atom is 0.264 e. The monoisotopic (exact) mass is 466 g/mol. The Morgan fingerprint density at radius 2 is 1.73 bits per heavy atom. The van der Waals surface area contributed by atoms with Gasteiger partial charge in [0.25, 0.3) is 15.9 Å². The Hall–Kier alpha value is -3.36. The van der Waals surface area contributed by atoms with Crippen LogP contribution < -0.4 is 14.4 Å². The largest absolute Gasteiger partial charge is 0.491 e. The van der Waals surface area contributed by atoms with E-state index in [1.54, 1.807) is 60.7 Å². The number of ether oxygens (including phenoxy) is 2. The lowest BCUT2D eigenvalue weighted by molar-refractivity contribution is 0.0679. The van der Waals surface area contributed by atoms with E-state index in [0.29, 0.717) is 29.3 Å². The van der Waals surface area contributed by atoms with Gasteiger partial charge in [0.15, 0.2) is 0 Å². The van der Waals surface area contributed by atoms with Gasteiger partial charge in [0.2, 0.25) is 0 Å². The van der Waals surface area contributed by atoms with E-state index in [9.17, 15) is 13.2 Å². The summed E-state index contributed by atoms with van der Waals surface area (Å²) in [4.78, 5) is 12.7. The summed E-state index contributed by atoms with van der Waals surface area (Å²) in [6.45, 7) is 1.28. The van der Waals surface area contributed by atoms with Crippen molar-refractivity contribution < 1.29 is 22.7 Å². The molecule has 0 saturated carbocycles.